The Bertz CT molecular complexity index is 393. The van der Waals surface area contributed by atoms with Gasteiger partial charge in [-0.15, -0.1) is 0 Å². The molecule has 0 aliphatic heterocycles. The van der Waals surface area contributed by atoms with Crippen LogP contribution in [-0.2, 0) is 4.65 Å². The van der Waals surface area contributed by atoms with E-state index in [1.54, 1.807) is 24.3 Å². The number of benzene rings is 1. The number of nitrogens with zero attached hydrogens (tertiary/aromatic N) is 1. The predicted octanol–water partition coefficient (Wildman–Crippen LogP) is 1.31. The molecule has 16 heavy (non-hydrogen) atoms. The second-order valence-corrected chi connectivity index (χ2v) is 4.96. The van der Waals surface area contributed by atoms with Crippen molar-refractivity contribution in [2.45, 2.75) is 20.8 Å². The molecule has 0 aliphatic carbocycles. The minimum atomic E-state index is -0.965. The van der Waals surface area contributed by atoms with Crippen molar-refractivity contribution in [2.75, 3.05) is 6.61 Å². The van der Waals surface area contributed by atoms with Gasteiger partial charge in [-0.05, 0) is 23.0 Å². The number of rotatable bonds is 3. The highest BCUT2D eigenvalue weighted by atomic mass is 16.5. The molecule has 0 aliphatic rings. The molecule has 0 saturated heterocycles. The molecule has 84 valence electrons. The first-order chi connectivity index (χ1) is 7.42. The van der Waals surface area contributed by atoms with Crippen molar-refractivity contribution >= 4 is 12.6 Å². The van der Waals surface area contributed by atoms with Crippen molar-refractivity contribution in [3.05, 3.63) is 29.8 Å². The first-order valence-electron chi connectivity index (χ1n) is 5.22. The van der Waals surface area contributed by atoms with E-state index in [1.165, 1.54) is 0 Å². The highest BCUT2D eigenvalue weighted by Gasteiger charge is 2.20. The molecule has 0 radical (unpaired) electrons. The lowest BCUT2D eigenvalue weighted by Crippen LogP contribution is -2.36. The average Bonchev–Trinajstić information content (AvgIpc) is 2.25. The van der Waals surface area contributed by atoms with Gasteiger partial charge in [0.05, 0.1) is 11.6 Å². The summed E-state index contributed by atoms with van der Waals surface area (Å²) in [4.78, 5) is 0. The summed E-state index contributed by atoms with van der Waals surface area (Å²) < 4.78 is 5.34. The third-order valence-corrected chi connectivity index (χ3v) is 1.98. The van der Waals surface area contributed by atoms with Crippen molar-refractivity contribution in [3.63, 3.8) is 0 Å². The van der Waals surface area contributed by atoms with E-state index in [0.717, 1.165) is 0 Å². The normalized spacial score (nSPS) is 10.9. The molecule has 0 fully saturated rings. The Morgan fingerprint density at radius 3 is 2.69 bits per heavy atom. The third-order valence-electron chi connectivity index (χ3n) is 1.98. The van der Waals surface area contributed by atoms with Gasteiger partial charge in [0.1, 0.15) is 0 Å². The van der Waals surface area contributed by atoms with Gasteiger partial charge in [-0.3, -0.25) is 0 Å². The van der Waals surface area contributed by atoms with E-state index >= 15 is 0 Å². The predicted molar refractivity (Wildman–Crippen MR) is 64.2 cm³/mol. The SMILES string of the molecule is CC(C)(C)COB(O)c1cccc(C#N)c1. The lowest BCUT2D eigenvalue weighted by atomic mass is 9.78. The van der Waals surface area contributed by atoms with Crippen LogP contribution in [-0.4, -0.2) is 18.7 Å². The van der Waals surface area contributed by atoms with Crippen LogP contribution in [0.1, 0.15) is 26.3 Å². The Morgan fingerprint density at radius 1 is 1.44 bits per heavy atom. The van der Waals surface area contributed by atoms with Crippen LogP contribution < -0.4 is 5.46 Å². The first kappa shape index (κ1) is 12.8. The van der Waals surface area contributed by atoms with Gasteiger partial charge in [-0.1, -0.05) is 32.9 Å². The van der Waals surface area contributed by atoms with Gasteiger partial charge in [0.15, 0.2) is 0 Å². The number of nitriles is 1. The largest absolute Gasteiger partial charge is 0.491 e. The highest BCUT2D eigenvalue weighted by molar-refractivity contribution is 6.60. The summed E-state index contributed by atoms with van der Waals surface area (Å²) in [5.41, 5.74) is 1.15. The zero-order valence-corrected chi connectivity index (χ0v) is 9.90. The fourth-order valence-electron chi connectivity index (χ4n) is 1.19. The van der Waals surface area contributed by atoms with E-state index in [4.69, 9.17) is 9.92 Å². The smallest absolute Gasteiger partial charge is 0.423 e. The summed E-state index contributed by atoms with van der Waals surface area (Å²) in [7, 11) is -0.965. The van der Waals surface area contributed by atoms with Gasteiger partial charge in [0.2, 0.25) is 0 Å². The fraction of sp³-hybridized carbons (Fsp3) is 0.417. The summed E-state index contributed by atoms with van der Waals surface area (Å²) in [5.74, 6) is 0. The molecule has 0 bridgehead atoms. The van der Waals surface area contributed by atoms with E-state index in [1.807, 2.05) is 26.8 Å². The monoisotopic (exact) mass is 217 g/mol. The lowest BCUT2D eigenvalue weighted by Gasteiger charge is -2.19. The summed E-state index contributed by atoms with van der Waals surface area (Å²) in [6, 6.07) is 8.83. The molecule has 0 heterocycles. The lowest BCUT2D eigenvalue weighted by molar-refractivity contribution is 0.174. The molecular formula is C12H16BNO2. The van der Waals surface area contributed by atoms with Crippen LogP contribution >= 0.6 is 0 Å². The molecule has 0 saturated carbocycles. The molecule has 3 nitrogen and oxygen atoms in total. The topological polar surface area (TPSA) is 53.2 Å². The standard InChI is InChI=1S/C12H16BNO2/c1-12(2,3)9-16-13(15)11-6-4-5-10(7-11)8-14/h4-7,15H,9H2,1-3H3. The molecule has 0 atom stereocenters. The minimum absolute atomic E-state index is 0.00776. The second kappa shape index (κ2) is 5.15. The van der Waals surface area contributed by atoms with Crippen molar-refractivity contribution in [1.82, 2.24) is 0 Å². The van der Waals surface area contributed by atoms with Gasteiger partial charge >= 0.3 is 7.12 Å². The molecular weight excluding hydrogens is 201 g/mol. The number of hydrogen-bond acceptors (Lipinski definition) is 3. The van der Waals surface area contributed by atoms with Crippen LogP contribution in [0, 0.1) is 16.7 Å². The average molecular weight is 217 g/mol. The Morgan fingerprint density at radius 2 is 2.12 bits per heavy atom. The molecule has 0 aromatic heterocycles. The van der Waals surface area contributed by atoms with E-state index < -0.39 is 7.12 Å². The molecule has 0 amide bonds. The molecule has 1 rings (SSSR count). The van der Waals surface area contributed by atoms with Crippen molar-refractivity contribution in [1.29, 1.82) is 5.26 Å². The highest BCUT2D eigenvalue weighted by Crippen LogP contribution is 2.13. The van der Waals surface area contributed by atoms with Crippen LogP contribution in [0.4, 0.5) is 0 Å². The Balaban J connectivity index is 2.66. The van der Waals surface area contributed by atoms with Crippen LogP contribution in [0.25, 0.3) is 0 Å². The maximum absolute atomic E-state index is 9.77. The molecule has 1 N–H and O–H groups in total. The Kier molecular flexibility index (Phi) is 4.11. The quantitative estimate of drug-likeness (QED) is 0.776. The van der Waals surface area contributed by atoms with Gasteiger partial charge in [0.25, 0.3) is 0 Å². The summed E-state index contributed by atoms with van der Waals surface area (Å²) >= 11 is 0. The Hall–Kier alpha value is -1.31. The van der Waals surface area contributed by atoms with Crippen LogP contribution in [0.5, 0.6) is 0 Å². The third kappa shape index (κ3) is 4.05. The van der Waals surface area contributed by atoms with Crippen LogP contribution in [0.15, 0.2) is 24.3 Å². The van der Waals surface area contributed by atoms with Gasteiger partial charge in [-0.25, -0.2) is 0 Å². The molecule has 0 unspecified atom stereocenters. The zero-order valence-electron chi connectivity index (χ0n) is 9.90. The van der Waals surface area contributed by atoms with E-state index in [0.29, 0.717) is 17.6 Å². The summed E-state index contributed by atoms with van der Waals surface area (Å²) in [6.07, 6.45) is 0. The Labute approximate surface area is 96.8 Å². The van der Waals surface area contributed by atoms with E-state index in [2.05, 4.69) is 0 Å². The van der Waals surface area contributed by atoms with Crippen molar-refractivity contribution < 1.29 is 9.68 Å². The van der Waals surface area contributed by atoms with E-state index in [9.17, 15) is 5.02 Å². The first-order valence-corrected chi connectivity index (χ1v) is 5.22. The second-order valence-electron chi connectivity index (χ2n) is 4.96. The van der Waals surface area contributed by atoms with E-state index in [-0.39, 0.29) is 5.41 Å². The van der Waals surface area contributed by atoms with Crippen molar-refractivity contribution in [3.8, 4) is 6.07 Å². The maximum atomic E-state index is 9.77. The molecule has 0 spiro atoms. The molecule has 4 heteroatoms. The number of hydrogen-bond donors (Lipinski definition) is 1. The van der Waals surface area contributed by atoms with Crippen LogP contribution in [0.3, 0.4) is 0 Å². The van der Waals surface area contributed by atoms with Crippen LogP contribution in [0.2, 0.25) is 0 Å². The zero-order chi connectivity index (χ0) is 12.2. The summed E-state index contributed by atoms with van der Waals surface area (Å²) in [5, 5.41) is 18.5. The minimum Gasteiger partial charge on any atom is -0.423 e. The van der Waals surface area contributed by atoms with Crippen molar-refractivity contribution in [2.24, 2.45) is 5.41 Å². The molecule has 1 aromatic rings. The van der Waals surface area contributed by atoms with Gasteiger partial charge < -0.3 is 9.68 Å². The fourth-order valence-corrected chi connectivity index (χ4v) is 1.19. The maximum Gasteiger partial charge on any atom is 0.491 e. The van der Waals surface area contributed by atoms with Gasteiger partial charge in [-0.2, -0.15) is 5.26 Å². The molecule has 1 aromatic carbocycles. The van der Waals surface area contributed by atoms with Gasteiger partial charge in [0, 0.05) is 6.61 Å². The summed E-state index contributed by atoms with van der Waals surface area (Å²) in [6.45, 7) is 6.56.